The molecule has 7 aromatic rings. The lowest BCUT2D eigenvalue weighted by atomic mass is 9.98. The molecule has 3 heterocycles. The van der Waals surface area contributed by atoms with Crippen molar-refractivity contribution in [3.05, 3.63) is 157 Å². The van der Waals surface area contributed by atoms with Crippen molar-refractivity contribution in [3.63, 3.8) is 0 Å². The summed E-state index contributed by atoms with van der Waals surface area (Å²) < 4.78 is 13.6. The Hall–Kier alpha value is -5.50. The fourth-order valence-electron chi connectivity index (χ4n) is 6.59. The number of fused-ring (bicyclic) bond motifs is 4. The maximum atomic E-state index is 6.94. The number of ether oxygens (including phenoxy) is 2. The van der Waals surface area contributed by atoms with E-state index in [0.717, 1.165) is 56.1 Å². The number of aryl methyl sites for hydroxylation is 1. The minimum atomic E-state index is -0.924. The lowest BCUT2D eigenvalue weighted by Crippen LogP contribution is -2.32. The van der Waals surface area contributed by atoms with Crippen LogP contribution in [0.4, 0.5) is 0 Å². The monoisotopic (exact) mass is 669 g/mol. The van der Waals surface area contributed by atoms with Gasteiger partial charge >= 0.3 is 0 Å². The first kappa shape index (κ1) is 33.0. The van der Waals surface area contributed by atoms with Gasteiger partial charge in [-0.25, -0.2) is 0 Å². The van der Waals surface area contributed by atoms with Crippen LogP contribution in [0.15, 0.2) is 152 Å². The summed E-state index contributed by atoms with van der Waals surface area (Å²) in [6, 6.07) is 49.5. The van der Waals surface area contributed by atoms with E-state index in [4.69, 9.17) is 9.47 Å². The van der Waals surface area contributed by atoms with Crippen molar-refractivity contribution < 1.29 is 9.47 Å². The largest absolute Gasteiger partial charge is 0.456 e. The van der Waals surface area contributed by atoms with Gasteiger partial charge in [-0.2, -0.15) is 0 Å². The highest BCUT2D eigenvalue weighted by molar-refractivity contribution is 7.80. The lowest BCUT2D eigenvalue weighted by molar-refractivity contribution is 0.468. The van der Waals surface area contributed by atoms with Crippen LogP contribution in [0.25, 0.3) is 44.5 Å². The zero-order chi connectivity index (χ0) is 34.6. The zero-order valence-electron chi connectivity index (χ0n) is 29.1. The molecule has 246 valence electrons. The summed E-state index contributed by atoms with van der Waals surface area (Å²) in [4.78, 5) is 4.27. The molecule has 0 radical (unpaired) electrons. The minimum absolute atomic E-state index is 0.865. The second kappa shape index (κ2) is 14.5. The molecule has 1 unspecified atom stereocenters. The summed E-state index contributed by atoms with van der Waals surface area (Å²) in [6.45, 7) is 10.1. The van der Waals surface area contributed by atoms with Crippen LogP contribution in [0.2, 0.25) is 0 Å². The summed E-state index contributed by atoms with van der Waals surface area (Å²) in [5.41, 5.74) is 10.3. The summed E-state index contributed by atoms with van der Waals surface area (Å²) in [5.74, 6) is 3.56. The number of hydrogen-bond acceptors (Lipinski definition) is 3. The van der Waals surface area contributed by atoms with E-state index in [2.05, 4.69) is 145 Å². The van der Waals surface area contributed by atoms with Crippen LogP contribution in [-0.4, -0.2) is 4.98 Å². The Balaban J connectivity index is 0.000000948. The maximum absolute atomic E-state index is 6.94. The average molecular weight is 670 g/mol. The topological polar surface area (TPSA) is 31.4 Å². The molecule has 0 amide bonds. The van der Waals surface area contributed by atoms with Gasteiger partial charge in [-0.05, 0) is 93.9 Å². The van der Waals surface area contributed by atoms with Gasteiger partial charge in [0.1, 0.15) is 23.0 Å². The fraction of sp³-hybridized carbons (Fsp3) is 0.109. The van der Waals surface area contributed by atoms with E-state index in [9.17, 15) is 0 Å². The molecule has 2 aliphatic heterocycles. The predicted octanol–water partition coefficient (Wildman–Crippen LogP) is 12.1. The number of benzene rings is 6. The number of rotatable bonds is 4. The van der Waals surface area contributed by atoms with Crippen molar-refractivity contribution in [1.29, 1.82) is 0 Å². The number of aromatic nitrogens is 1. The highest BCUT2D eigenvalue weighted by Crippen LogP contribution is 2.55. The van der Waals surface area contributed by atoms with Crippen molar-refractivity contribution in [1.82, 2.24) is 4.98 Å². The molecule has 0 fully saturated rings. The Bertz CT molecular complexity index is 2250. The highest BCUT2D eigenvalue weighted by Gasteiger charge is 2.38. The summed E-state index contributed by atoms with van der Waals surface area (Å²) in [5, 5.41) is 3.56. The molecule has 9 rings (SSSR count). The van der Waals surface area contributed by atoms with Crippen molar-refractivity contribution in [2.75, 3.05) is 0 Å². The number of nitrogens with zero attached hydrogens (tertiary/aromatic N) is 1. The molecule has 0 N–H and O–H groups in total. The minimum Gasteiger partial charge on any atom is -0.456 e. The van der Waals surface area contributed by atoms with Gasteiger partial charge in [0.05, 0.1) is 5.30 Å². The normalized spacial score (nSPS) is 13.0. The van der Waals surface area contributed by atoms with E-state index >= 15 is 0 Å². The molecular weight excluding hydrogens is 629 g/mol. The quantitative estimate of drug-likeness (QED) is 0.175. The van der Waals surface area contributed by atoms with Crippen LogP contribution in [0.3, 0.4) is 0 Å². The van der Waals surface area contributed by atoms with Gasteiger partial charge in [0.2, 0.25) is 0 Å². The summed E-state index contributed by atoms with van der Waals surface area (Å²) in [6.07, 6.45) is 3.76. The van der Waals surface area contributed by atoms with Crippen LogP contribution in [0.5, 0.6) is 23.0 Å². The van der Waals surface area contributed by atoms with Crippen LogP contribution < -0.4 is 25.4 Å². The molecule has 1 atom stereocenters. The predicted molar refractivity (Wildman–Crippen MR) is 212 cm³/mol. The molecule has 4 heteroatoms. The zero-order valence-corrected chi connectivity index (χ0v) is 30.0. The number of pyridine rings is 1. The second-order valence-corrected chi connectivity index (χ2v) is 13.8. The molecule has 3 nitrogen and oxygen atoms in total. The average Bonchev–Trinajstić information content (AvgIpc) is 3.20. The third-order valence-electron chi connectivity index (χ3n) is 8.89. The molecular formula is C46H40NO2P. The second-order valence-electron chi connectivity index (χ2n) is 11.7. The molecule has 0 spiro atoms. The van der Waals surface area contributed by atoms with E-state index in [-0.39, 0.29) is 0 Å². The van der Waals surface area contributed by atoms with Crippen molar-refractivity contribution in [2.45, 2.75) is 34.6 Å². The van der Waals surface area contributed by atoms with Gasteiger partial charge in [-0.15, -0.1) is 0 Å². The van der Waals surface area contributed by atoms with Gasteiger partial charge in [-0.1, -0.05) is 125 Å². The van der Waals surface area contributed by atoms with E-state index in [1.165, 1.54) is 32.9 Å². The Kier molecular flexibility index (Phi) is 9.60. The first-order valence-electron chi connectivity index (χ1n) is 17.4. The van der Waals surface area contributed by atoms with Crippen molar-refractivity contribution in [2.24, 2.45) is 0 Å². The molecule has 2 aliphatic rings. The smallest absolute Gasteiger partial charge is 0.147 e. The molecule has 1 aromatic heterocycles. The SMILES string of the molecule is CC.CC.Cc1cnccc1-c1ccc(-c2ccc3c4c2Oc2cc(-c5ccccc5)ccc2P4c2ccc(-c4ccccc4)cc2O3)cc1. The van der Waals surface area contributed by atoms with Gasteiger partial charge in [-0.3, -0.25) is 4.98 Å². The van der Waals surface area contributed by atoms with Crippen LogP contribution in [0.1, 0.15) is 33.3 Å². The van der Waals surface area contributed by atoms with Gasteiger partial charge in [0.25, 0.3) is 0 Å². The third kappa shape index (κ3) is 5.99. The summed E-state index contributed by atoms with van der Waals surface area (Å²) in [7, 11) is -0.924. The van der Waals surface area contributed by atoms with Crippen molar-refractivity contribution in [3.8, 4) is 67.5 Å². The van der Waals surface area contributed by atoms with Crippen LogP contribution >= 0.6 is 7.92 Å². The molecule has 0 bridgehead atoms. The summed E-state index contributed by atoms with van der Waals surface area (Å²) >= 11 is 0. The van der Waals surface area contributed by atoms with Crippen LogP contribution in [0, 0.1) is 6.92 Å². The first-order chi connectivity index (χ1) is 24.7. The van der Waals surface area contributed by atoms with Crippen molar-refractivity contribution >= 4 is 23.8 Å². The highest BCUT2D eigenvalue weighted by atomic mass is 31.1. The third-order valence-corrected chi connectivity index (χ3v) is 11.5. The van der Waals surface area contributed by atoms with Gasteiger partial charge < -0.3 is 9.47 Å². The van der Waals surface area contributed by atoms with E-state index in [1.54, 1.807) is 0 Å². The van der Waals surface area contributed by atoms with E-state index in [1.807, 2.05) is 46.2 Å². The lowest BCUT2D eigenvalue weighted by Gasteiger charge is -2.36. The Labute approximate surface area is 297 Å². The maximum Gasteiger partial charge on any atom is 0.147 e. The Morgan fingerprint density at radius 2 is 0.980 bits per heavy atom. The Morgan fingerprint density at radius 1 is 0.460 bits per heavy atom. The molecule has 50 heavy (non-hydrogen) atoms. The van der Waals surface area contributed by atoms with E-state index < -0.39 is 7.92 Å². The first-order valence-corrected chi connectivity index (χ1v) is 18.8. The molecule has 0 saturated carbocycles. The van der Waals surface area contributed by atoms with E-state index in [0.29, 0.717) is 0 Å². The molecule has 6 aromatic carbocycles. The fourth-order valence-corrected chi connectivity index (χ4v) is 9.14. The van der Waals surface area contributed by atoms with Crippen LogP contribution in [-0.2, 0) is 0 Å². The van der Waals surface area contributed by atoms with Gasteiger partial charge in [0.15, 0.2) is 0 Å². The number of hydrogen-bond donors (Lipinski definition) is 0. The molecule has 0 saturated heterocycles. The Morgan fingerprint density at radius 3 is 1.54 bits per heavy atom. The molecule has 0 aliphatic carbocycles. The standard InChI is InChI=1S/C42H28NO2P.2C2H6/c1-27-26-43-23-22-34(27)30-12-14-31(15-13-30)35-18-19-36-42-41(35)45-38-25-33(29-10-6-3-7-11-29)17-21-40(38)46(42)39-20-16-32(24-37(39)44-36)28-8-4-2-5-9-28;2*1-2/h2-26H,1H3;2*1-2H3. The van der Waals surface area contributed by atoms with Gasteiger partial charge in [0, 0.05) is 36.5 Å².